The normalized spacial score (nSPS) is 22.6. The van der Waals surface area contributed by atoms with Crippen LogP contribution in [-0.4, -0.2) is 45.1 Å². The van der Waals surface area contributed by atoms with Crippen molar-refractivity contribution >= 4 is 28.8 Å². The lowest BCUT2D eigenvalue weighted by Crippen LogP contribution is -2.53. The summed E-state index contributed by atoms with van der Waals surface area (Å²) < 4.78 is 7.16. The van der Waals surface area contributed by atoms with E-state index < -0.39 is 17.2 Å². The molecule has 0 radical (unpaired) electrons. The van der Waals surface area contributed by atoms with E-state index in [9.17, 15) is 14.4 Å². The lowest BCUT2D eigenvalue weighted by Gasteiger charge is -2.37. The van der Waals surface area contributed by atoms with Gasteiger partial charge >= 0.3 is 6.09 Å². The number of ether oxygens (including phenoxy) is 1. The van der Waals surface area contributed by atoms with Crippen molar-refractivity contribution in [1.29, 1.82) is 0 Å². The minimum absolute atomic E-state index is 0.0261. The van der Waals surface area contributed by atoms with Gasteiger partial charge in [0.15, 0.2) is 0 Å². The fourth-order valence-corrected chi connectivity index (χ4v) is 5.37. The number of benzene rings is 2. The van der Waals surface area contributed by atoms with Crippen LogP contribution in [0.3, 0.4) is 0 Å². The number of aromatic nitrogens is 1. The van der Waals surface area contributed by atoms with Crippen LogP contribution in [0.1, 0.15) is 50.7 Å². The molecule has 0 unspecified atom stereocenters. The summed E-state index contributed by atoms with van der Waals surface area (Å²) in [4.78, 5) is 41.2. The van der Waals surface area contributed by atoms with Crippen LogP contribution in [0.2, 0.25) is 0 Å². The van der Waals surface area contributed by atoms with E-state index in [1.165, 1.54) is 4.57 Å². The molecule has 1 N–H and O–H groups in total. The van der Waals surface area contributed by atoms with Gasteiger partial charge in [-0.1, -0.05) is 48.5 Å². The second-order valence-corrected chi connectivity index (χ2v) is 10.1. The van der Waals surface area contributed by atoms with Crippen LogP contribution in [0.25, 0.3) is 10.9 Å². The summed E-state index contributed by atoms with van der Waals surface area (Å²) in [5.41, 5.74) is 0.939. The molecule has 2 aliphatic heterocycles. The zero-order valence-electron chi connectivity index (χ0n) is 19.7. The van der Waals surface area contributed by atoms with Gasteiger partial charge in [0.2, 0.25) is 11.8 Å². The SMILES string of the molecule is CC(C)(C)OC(=O)n1cc([C@H]2CNC(=O)[C@@]23CCC(=O)N3Cc2ccccc2)c2ccccc21. The number of amides is 2. The van der Waals surface area contributed by atoms with Crippen molar-refractivity contribution < 1.29 is 19.1 Å². The highest BCUT2D eigenvalue weighted by molar-refractivity contribution is 6.00. The summed E-state index contributed by atoms with van der Waals surface area (Å²) in [7, 11) is 0. The predicted molar refractivity (Wildman–Crippen MR) is 128 cm³/mol. The number of para-hydroxylation sites is 1. The van der Waals surface area contributed by atoms with Crippen molar-refractivity contribution in [2.24, 2.45) is 0 Å². The van der Waals surface area contributed by atoms with Crippen LogP contribution in [-0.2, 0) is 20.9 Å². The molecule has 1 aromatic heterocycles. The number of hydrogen-bond acceptors (Lipinski definition) is 4. The zero-order valence-corrected chi connectivity index (χ0v) is 19.7. The molecule has 1 spiro atoms. The van der Waals surface area contributed by atoms with Crippen LogP contribution in [0.5, 0.6) is 0 Å². The zero-order chi connectivity index (χ0) is 24.1. The summed E-state index contributed by atoms with van der Waals surface area (Å²) in [6.45, 7) is 6.26. The maximum atomic E-state index is 13.4. The fraction of sp³-hybridized carbons (Fsp3) is 0.370. The van der Waals surface area contributed by atoms with Crippen molar-refractivity contribution in [3.8, 4) is 0 Å². The summed E-state index contributed by atoms with van der Waals surface area (Å²) in [5.74, 6) is -0.445. The number of carbonyl (C=O) groups is 3. The Hall–Kier alpha value is -3.61. The van der Waals surface area contributed by atoms with E-state index in [-0.39, 0.29) is 17.7 Å². The van der Waals surface area contributed by atoms with Gasteiger partial charge in [-0.05, 0) is 44.4 Å². The van der Waals surface area contributed by atoms with Crippen molar-refractivity contribution in [1.82, 2.24) is 14.8 Å². The Bertz CT molecular complexity index is 1270. The Morgan fingerprint density at radius 2 is 1.79 bits per heavy atom. The van der Waals surface area contributed by atoms with Gasteiger partial charge in [-0.2, -0.15) is 0 Å². The molecule has 176 valence electrons. The van der Waals surface area contributed by atoms with Gasteiger partial charge in [-0.15, -0.1) is 0 Å². The molecule has 2 aromatic carbocycles. The van der Waals surface area contributed by atoms with Crippen molar-refractivity contribution in [2.45, 2.75) is 57.2 Å². The first-order valence-electron chi connectivity index (χ1n) is 11.7. The minimum Gasteiger partial charge on any atom is -0.443 e. The molecule has 7 nitrogen and oxygen atoms in total. The third-order valence-electron chi connectivity index (χ3n) is 6.83. The predicted octanol–water partition coefficient (Wildman–Crippen LogP) is 4.20. The first-order chi connectivity index (χ1) is 16.2. The van der Waals surface area contributed by atoms with E-state index in [0.29, 0.717) is 25.9 Å². The number of fused-ring (bicyclic) bond motifs is 1. The van der Waals surface area contributed by atoms with Gasteiger partial charge in [0.1, 0.15) is 11.1 Å². The molecule has 2 fully saturated rings. The first kappa shape index (κ1) is 22.2. The summed E-state index contributed by atoms with van der Waals surface area (Å²) in [6.07, 6.45) is 2.09. The van der Waals surface area contributed by atoms with Crippen LogP contribution >= 0.6 is 0 Å². The standard InChI is InChI=1S/C27H29N3O4/c1-26(2,3)34-25(33)29-17-20(19-11-7-8-12-22(19)29)21-15-28-24(32)27(21)14-13-23(31)30(27)16-18-9-5-4-6-10-18/h4-12,17,21H,13-16H2,1-3H3,(H,28,32)/t21-,27-/m1/s1. The quantitative estimate of drug-likeness (QED) is 0.637. The second kappa shape index (κ2) is 8.01. The summed E-state index contributed by atoms with van der Waals surface area (Å²) >= 11 is 0. The molecule has 2 amide bonds. The second-order valence-electron chi connectivity index (χ2n) is 10.1. The molecule has 2 aliphatic rings. The van der Waals surface area contributed by atoms with Gasteiger partial charge in [-0.25, -0.2) is 4.79 Å². The average molecular weight is 460 g/mol. The number of nitrogens with one attached hydrogen (secondary N) is 1. The fourth-order valence-electron chi connectivity index (χ4n) is 5.37. The maximum absolute atomic E-state index is 13.4. The molecule has 2 atom stereocenters. The number of likely N-dealkylation sites (tertiary alicyclic amines) is 1. The molecule has 0 aliphatic carbocycles. The van der Waals surface area contributed by atoms with E-state index in [4.69, 9.17) is 4.74 Å². The molecule has 7 heteroatoms. The molecule has 2 saturated heterocycles. The van der Waals surface area contributed by atoms with E-state index in [2.05, 4.69) is 5.32 Å². The first-order valence-corrected chi connectivity index (χ1v) is 11.7. The van der Waals surface area contributed by atoms with Crippen molar-refractivity contribution in [3.05, 3.63) is 71.9 Å². The van der Waals surface area contributed by atoms with Crippen LogP contribution in [0.4, 0.5) is 4.79 Å². The summed E-state index contributed by atoms with van der Waals surface area (Å²) in [6, 6.07) is 17.4. The number of hydrogen-bond donors (Lipinski definition) is 1. The number of nitrogens with zero attached hydrogens (tertiary/aromatic N) is 2. The Kier molecular flexibility index (Phi) is 5.23. The molecular weight excluding hydrogens is 430 g/mol. The highest BCUT2D eigenvalue weighted by atomic mass is 16.6. The molecule has 5 rings (SSSR count). The van der Waals surface area contributed by atoms with Gasteiger partial charge in [0, 0.05) is 37.0 Å². The van der Waals surface area contributed by atoms with Gasteiger partial charge in [0.05, 0.1) is 5.52 Å². The molecular formula is C27H29N3O4. The molecule has 3 heterocycles. The Morgan fingerprint density at radius 3 is 2.53 bits per heavy atom. The van der Waals surface area contributed by atoms with E-state index >= 15 is 0 Å². The van der Waals surface area contributed by atoms with Gasteiger partial charge < -0.3 is 15.0 Å². The minimum atomic E-state index is -0.990. The topological polar surface area (TPSA) is 80.6 Å². The smallest absolute Gasteiger partial charge is 0.419 e. The molecule has 0 bridgehead atoms. The third kappa shape index (κ3) is 3.56. The lowest BCUT2D eigenvalue weighted by molar-refractivity contribution is -0.140. The highest BCUT2D eigenvalue weighted by Crippen LogP contribution is 2.47. The Balaban J connectivity index is 1.61. The molecule has 3 aromatic rings. The van der Waals surface area contributed by atoms with Crippen molar-refractivity contribution in [3.63, 3.8) is 0 Å². The molecule has 0 saturated carbocycles. The van der Waals surface area contributed by atoms with Crippen LogP contribution < -0.4 is 5.32 Å². The van der Waals surface area contributed by atoms with E-state index in [1.807, 2.05) is 75.4 Å². The molecule has 34 heavy (non-hydrogen) atoms. The van der Waals surface area contributed by atoms with Crippen molar-refractivity contribution in [2.75, 3.05) is 6.54 Å². The highest BCUT2D eigenvalue weighted by Gasteiger charge is 2.60. The largest absolute Gasteiger partial charge is 0.443 e. The lowest BCUT2D eigenvalue weighted by atomic mass is 9.79. The summed E-state index contributed by atoms with van der Waals surface area (Å²) in [5, 5.41) is 3.90. The third-order valence-corrected chi connectivity index (χ3v) is 6.83. The van der Waals surface area contributed by atoms with E-state index in [1.54, 1.807) is 11.1 Å². The van der Waals surface area contributed by atoms with Gasteiger partial charge in [0.25, 0.3) is 0 Å². The number of rotatable bonds is 3. The monoisotopic (exact) mass is 459 g/mol. The maximum Gasteiger partial charge on any atom is 0.419 e. The Labute approximate surface area is 198 Å². The average Bonchev–Trinajstić information content (AvgIpc) is 3.44. The Morgan fingerprint density at radius 1 is 1.09 bits per heavy atom. The van der Waals surface area contributed by atoms with E-state index in [0.717, 1.165) is 22.0 Å². The van der Waals surface area contributed by atoms with Crippen LogP contribution in [0, 0.1) is 0 Å². The number of carbonyl (C=O) groups excluding carboxylic acids is 3. The van der Waals surface area contributed by atoms with Crippen LogP contribution in [0.15, 0.2) is 60.8 Å². The van der Waals surface area contributed by atoms with Gasteiger partial charge in [-0.3, -0.25) is 14.2 Å².